The van der Waals surface area contributed by atoms with Gasteiger partial charge in [-0.3, -0.25) is 0 Å². The standard InChI is InChI=1S/C12H27N3O/c1-12(10-13)11-15-7-5-14(6-8-15)4-2-3-9-16/h12,16H,2-11,13H2,1H3. The fraction of sp³-hybridized carbons (Fsp3) is 1.00. The molecule has 1 fully saturated rings. The maximum absolute atomic E-state index is 8.73. The largest absolute Gasteiger partial charge is 0.396 e. The normalized spacial score (nSPS) is 21.2. The lowest BCUT2D eigenvalue weighted by atomic mass is 10.1. The molecule has 0 spiro atoms. The highest BCUT2D eigenvalue weighted by atomic mass is 16.2. The van der Waals surface area contributed by atoms with Crippen LogP contribution in [0.15, 0.2) is 0 Å². The van der Waals surface area contributed by atoms with E-state index in [1.165, 1.54) is 26.2 Å². The van der Waals surface area contributed by atoms with Gasteiger partial charge in [-0.1, -0.05) is 6.92 Å². The van der Waals surface area contributed by atoms with Crippen LogP contribution in [0, 0.1) is 5.92 Å². The van der Waals surface area contributed by atoms with Crippen LogP contribution in [0.4, 0.5) is 0 Å². The zero-order valence-electron chi connectivity index (χ0n) is 10.6. The Morgan fingerprint density at radius 3 is 2.31 bits per heavy atom. The summed E-state index contributed by atoms with van der Waals surface area (Å²) in [6.07, 6.45) is 2.06. The van der Waals surface area contributed by atoms with Crippen molar-refractivity contribution in [2.75, 3.05) is 52.4 Å². The molecule has 0 aromatic carbocycles. The molecular formula is C12H27N3O. The number of nitrogens with zero attached hydrogens (tertiary/aromatic N) is 2. The zero-order chi connectivity index (χ0) is 11.8. The lowest BCUT2D eigenvalue weighted by Gasteiger charge is -2.35. The molecule has 16 heavy (non-hydrogen) atoms. The molecule has 0 aromatic heterocycles. The number of aliphatic hydroxyl groups is 1. The van der Waals surface area contributed by atoms with Crippen LogP contribution in [0.1, 0.15) is 19.8 Å². The Morgan fingerprint density at radius 1 is 1.12 bits per heavy atom. The van der Waals surface area contributed by atoms with Gasteiger partial charge in [0.1, 0.15) is 0 Å². The van der Waals surface area contributed by atoms with Gasteiger partial charge in [-0.05, 0) is 31.8 Å². The van der Waals surface area contributed by atoms with E-state index in [0.29, 0.717) is 12.5 Å². The molecule has 1 atom stereocenters. The molecule has 0 aliphatic carbocycles. The number of unbranched alkanes of at least 4 members (excludes halogenated alkanes) is 1. The van der Waals surface area contributed by atoms with Crippen LogP contribution in [0.3, 0.4) is 0 Å². The first-order valence-corrected chi connectivity index (χ1v) is 6.52. The predicted molar refractivity (Wildman–Crippen MR) is 67.4 cm³/mol. The number of hydrogen-bond donors (Lipinski definition) is 2. The van der Waals surface area contributed by atoms with Crippen LogP contribution >= 0.6 is 0 Å². The van der Waals surface area contributed by atoms with Gasteiger partial charge in [0.05, 0.1) is 0 Å². The molecule has 3 N–H and O–H groups in total. The second-order valence-electron chi connectivity index (χ2n) is 4.91. The lowest BCUT2D eigenvalue weighted by Crippen LogP contribution is -2.48. The van der Waals surface area contributed by atoms with E-state index in [-0.39, 0.29) is 0 Å². The van der Waals surface area contributed by atoms with E-state index in [1.54, 1.807) is 0 Å². The molecule has 1 heterocycles. The maximum Gasteiger partial charge on any atom is 0.0431 e. The van der Waals surface area contributed by atoms with Gasteiger partial charge >= 0.3 is 0 Å². The lowest BCUT2D eigenvalue weighted by molar-refractivity contribution is 0.118. The van der Waals surface area contributed by atoms with Crippen LogP contribution in [-0.2, 0) is 0 Å². The van der Waals surface area contributed by atoms with Crippen molar-refractivity contribution in [1.82, 2.24) is 9.80 Å². The number of nitrogens with two attached hydrogens (primary N) is 1. The summed E-state index contributed by atoms with van der Waals surface area (Å²) in [6, 6.07) is 0. The SMILES string of the molecule is CC(CN)CN1CCN(CCCCO)CC1. The molecule has 1 unspecified atom stereocenters. The number of hydrogen-bond acceptors (Lipinski definition) is 4. The van der Waals surface area contributed by atoms with Gasteiger partial charge in [0.25, 0.3) is 0 Å². The highest BCUT2D eigenvalue weighted by molar-refractivity contribution is 4.73. The average molecular weight is 229 g/mol. The highest BCUT2D eigenvalue weighted by Gasteiger charge is 2.17. The quantitative estimate of drug-likeness (QED) is 0.602. The van der Waals surface area contributed by atoms with Crippen molar-refractivity contribution in [3.05, 3.63) is 0 Å². The first kappa shape index (κ1) is 13.9. The molecule has 4 nitrogen and oxygen atoms in total. The molecule has 1 aliphatic heterocycles. The van der Waals surface area contributed by atoms with Crippen molar-refractivity contribution in [3.63, 3.8) is 0 Å². The first-order valence-electron chi connectivity index (χ1n) is 6.52. The third-order valence-electron chi connectivity index (χ3n) is 3.32. The molecule has 4 heteroatoms. The summed E-state index contributed by atoms with van der Waals surface area (Å²) in [5, 5.41) is 8.73. The van der Waals surface area contributed by atoms with Crippen LogP contribution in [-0.4, -0.2) is 67.3 Å². The Labute approximate surface area is 99.4 Å². The van der Waals surface area contributed by atoms with Crippen LogP contribution < -0.4 is 5.73 Å². The Morgan fingerprint density at radius 2 is 1.75 bits per heavy atom. The second kappa shape index (κ2) is 8.01. The molecule has 0 saturated carbocycles. The van der Waals surface area contributed by atoms with Gasteiger partial charge in [-0.2, -0.15) is 0 Å². The molecule has 0 aromatic rings. The average Bonchev–Trinajstić information content (AvgIpc) is 2.31. The van der Waals surface area contributed by atoms with Crippen molar-refractivity contribution in [3.8, 4) is 0 Å². The Hall–Kier alpha value is -0.160. The Bertz CT molecular complexity index is 170. The first-order chi connectivity index (χ1) is 7.76. The minimum absolute atomic E-state index is 0.327. The molecule has 1 aliphatic rings. The molecule has 0 bridgehead atoms. The Balaban J connectivity index is 2.08. The molecule has 1 saturated heterocycles. The summed E-state index contributed by atoms with van der Waals surface area (Å²) in [4.78, 5) is 5.01. The van der Waals surface area contributed by atoms with Crippen LogP contribution in [0.25, 0.3) is 0 Å². The van der Waals surface area contributed by atoms with Crippen molar-refractivity contribution >= 4 is 0 Å². The highest BCUT2D eigenvalue weighted by Crippen LogP contribution is 2.06. The molecule has 96 valence electrons. The molecule has 1 rings (SSSR count). The number of piperazine rings is 1. The maximum atomic E-state index is 8.73. The van der Waals surface area contributed by atoms with E-state index < -0.39 is 0 Å². The van der Waals surface area contributed by atoms with Gasteiger partial charge in [0, 0.05) is 39.3 Å². The van der Waals surface area contributed by atoms with Gasteiger partial charge < -0.3 is 20.6 Å². The van der Waals surface area contributed by atoms with E-state index in [2.05, 4.69) is 16.7 Å². The van der Waals surface area contributed by atoms with E-state index in [0.717, 1.165) is 32.5 Å². The third-order valence-corrected chi connectivity index (χ3v) is 3.32. The van der Waals surface area contributed by atoms with Gasteiger partial charge in [0.15, 0.2) is 0 Å². The molecule has 0 amide bonds. The van der Waals surface area contributed by atoms with E-state index in [4.69, 9.17) is 10.8 Å². The van der Waals surface area contributed by atoms with Gasteiger partial charge in [0.2, 0.25) is 0 Å². The minimum Gasteiger partial charge on any atom is -0.396 e. The summed E-state index contributed by atoms with van der Waals surface area (Å²) < 4.78 is 0. The fourth-order valence-corrected chi connectivity index (χ4v) is 2.16. The summed E-state index contributed by atoms with van der Waals surface area (Å²) >= 11 is 0. The summed E-state index contributed by atoms with van der Waals surface area (Å²) in [5.41, 5.74) is 5.64. The van der Waals surface area contributed by atoms with Gasteiger partial charge in [-0.25, -0.2) is 0 Å². The third kappa shape index (κ3) is 5.25. The summed E-state index contributed by atoms with van der Waals surface area (Å²) in [6.45, 7) is 10.3. The van der Waals surface area contributed by atoms with Crippen molar-refractivity contribution in [2.45, 2.75) is 19.8 Å². The summed E-state index contributed by atoms with van der Waals surface area (Å²) in [7, 11) is 0. The minimum atomic E-state index is 0.327. The predicted octanol–water partition coefficient (Wildman–Crippen LogP) is -0.0287. The molecular weight excluding hydrogens is 202 g/mol. The van der Waals surface area contributed by atoms with Crippen LogP contribution in [0.5, 0.6) is 0 Å². The van der Waals surface area contributed by atoms with Gasteiger partial charge in [-0.15, -0.1) is 0 Å². The number of aliphatic hydroxyl groups excluding tert-OH is 1. The smallest absolute Gasteiger partial charge is 0.0431 e. The monoisotopic (exact) mass is 229 g/mol. The van der Waals surface area contributed by atoms with Crippen LogP contribution in [0.2, 0.25) is 0 Å². The van der Waals surface area contributed by atoms with E-state index in [9.17, 15) is 0 Å². The van der Waals surface area contributed by atoms with Crippen molar-refractivity contribution in [1.29, 1.82) is 0 Å². The van der Waals surface area contributed by atoms with Crippen molar-refractivity contribution in [2.24, 2.45) is 11.7 Å². The zero-order valence-corrected chi connectivity index (χ0v) is 10.6. The van der Waals surface area contributed by atoms with E-state index in [1.807, 2.05) is 0 Å². The summed E-state index contributed by atoms with van der Waals surface area (Å²) in [5.74, 6) is 0.612. The van der Waals surface area contributed by atoms with Crippen molar-refractivity contribution < 1.29 is 5.11 Å². The topological polar surface area (TPSA) is 52.7 Å². The Kier molecular flexibility index (Phi) is 6.96. The fourth-order valence-electron chi connectivity index (χ4n) is 2.16. The molecule has 0 radical (unpaired) electrons. The van der Waals surface area contributed by atoms with E-state index >= 15 is 0 Å². The second-order valence-corrected chi connectivity index (χ2v) is 4.91. The number of rotatable bonds is 7.